The Balaban J connectivity index is 1.71. The van der Waals surface area contributed by atoms with Gasteiger partial charge in [0.05, 0.1) is 0 Å². The van der Waals surface area contributed by atoms with Gasteiger partial charge in [0.15, 0.2) is 0 Å². The summed E-state index contributed by atoms with van der Waals surface area (Å²) < 4.78 is 5.80. The lowest BCUT2D eigenvalue weighted by molar-refractivity contribution is 0.0387. The second-order valence-corrected chi connectivity index (χ2v) is 6.94. The Morgan fingerprint density at radius 2 is 1.56 bits per heavy atom. The number of amides is 1. The number of rotatable bonds is 6. The van der Waals surface area contributed by atoms with Gasteiger partial charge in [0.1, 0.15) is 12.4 Å². The molecule has 1 fully saturated rings. The highest BCUT2D eigenvalue weighted by atomic mass is 16.5. The molecule has 0 aliphatic carbocycles. The summed E-state index contributed by atoms with van der Waals surface area (Å²) >= 11 is 0. The van der Waals surface area contributed by atoms with Crippen LogP contribution in [-0.2, 0) is 6.61 Å². The zero-order valence-electron chi connectivity index (χ0n) is 15.1. The molecule has 0 spiro atoms. The first-order valence-electron chi connectivity index (χ1n) is 9.08. The van der Waals surface area contributed by atoms with Crippen molar-refractivity contribution in [1.82, 2.24) is 4.90 Å². The van der Waals surface area contributed by atoms with E-state index >= 15 is 0 Å². The molecule has 1 amide bonds. The van der Waals surface area contributed by atoms with Crippen LogP contribution in [0.15, 0.2) is 54.6 Å². The van der Waals surface area contributed by atoms with Crippen molar-refractivity contribution >= 4 is 6.09 Å². The van der Waals surface area contributed by atoms with Crippen LogP contribution < -0.4 is 4.74 Å². The van der Waals surface area contributed by atoms with Crippen LogP contribution in [0.3, 0.4) is 0 Å². The summed E-state index contributed by atoms with van der Waals surface area (Å²) in [6.45, 7) is 0.753. The molecule has 6 heteroatoms. The Morgan fingerprint density at radius 1 is 0.963 bits per heavy atom. The number of carbonyl (C=O) groups is 1. The largest absolute Gasteiger partial charge is 0.489 e. The van der Waals surface area contributed by atoms with Gasteiger partial charge in [-0.2, -0.15) is 0 Å². The molecule has 27 heavy (non-hydrogen) atoms. The summed E-state index contributed by atoms with van der Waals surface area (Å²) in [5.74, 6) is 0.150. The zero-order chi connectivity index (χ0) is 19.2. The highest BCUT2D eigenvalue weighted by Crippen LogP contribution is 2.37. The van der Waals surface area contributed by atoms with E-state index in [2.05, 4.69) is 0 Å². The highest BCUT2D eigenvalue weighted by Gasteiger charge is 2.38. The summed E-state index contributed by atoms with van der Waals surface area (Å²) in [4.78, 5) is 12.6. The Labute approximate surface area is 158 Å². The van der Waals surface area contributed by atoms with Crippen molar-refractivity contribution in [2.24, 2.45) is 11.8 Å². The number of nitrogens with zero attached hydrogens (tertiary/aromatic N) is 1. The third kappa shape index (κ3) is 4.59. The molecule has 1 aliphatic heterocycles. The number of aliphatic hydroxyl groups is 2. The second kappa shape index (κ2) is 8.88. The van der Waals surface area contributed by atoms with Gasteiger partial charge in [-0.3, -0.25) is 0 Å². The smallest absolute Gasteiger partial charge is 0.407 e. The van der Waals surface area contributed by atoms with E-state index in [0.29, 0.717) is 6.61 Å². The average Bonchev–Trinajstić information content (AvgIpc) is 2.72. The average molecular weight is 371 g/mol. The van der Waals surface area contributed by atoms with Crippen molar-refractivity contribution in [2.75, 3.05) is 26.3 Å². The Kier molecular flexibility index (Phi) is 6.32. The molecule has 0 bridgehead atoms. The molecular formula is C21H25NO5. The molecule has 1 saturated heterocycles. The van der Waals surface area contributed by atoms with E-state index in [9.17, 15) is 20.1 Å². The molecule has 6 nitrogen and oxygen atoms in total. The monoisotopic (exact) mass is 371 g/mol. The van der Waals surface area contributed by atoms with Crippen molar-refractivity contribution in [3.63, 3.8) is 0 Å². The van der Waals surface area contributed by atoms with E-state index in [1.807, 2.05) is 54.6 Å². The minimum atomic E-state index is -1.02. The molecule has 1 heterocycles. The Bertz CT molecular complexity index is 720. The molecule has 0 aromatic heterocycles. The molecule has 0 radical (unpaired) electrons. The molecule has 3 atom stereocenters. The summed E-state index contributed by atoms with van der Waals surface area (Å²) in [5.41, 5.74) is 2.06. The number of likely N-dealkylation sites (tertiary alicyclic amines) is 1. The fraction of sp³-hybridized carbons (Fsp3) is 0.381. The molecule has 2 aromatic rings. The molecule has 3 rings (SSSR count). The van der Waals surface area contributed by atoms with Gasteiger partial charge in [0.25, 0.3) is 0 Å². The first kappa shape index (κ1) is 19.2. The van der Waals surface area contributed by atoms with Crippen molar-refractivity contribution in [3.05, 3.63) is 65.7 Å². The van der Waals surface area contributed by atoms with Crippen LogP contribution in [0.25, 0.3) is 0 Å². The van der Waals surface area contributed by atoms with Gasteiger partial charge >= 0.3 is 6.09 Å². The third-order valence-corrected chi connectivity index (χ3v) is 5.18. The van der Waals surface area contributed by atoms with E-state index in [1.165, 1.54) is 4.90 Å². The molecular weight excluding hydrogens is 346 g/mol. The number of hydrogen-bond donors (Lipinski definition) is 3. The van der Waals surface area contributed by atoms with E-state index < -0.39 is 6.09 Å². The van der Waals surface area contributed by atoms with Gasteiger partial charge in [0.2, 0.25) is 0 Å². The van der Waals surface area contributed by atoms with Crippen LogP contribution in [0.4, 0.5) is 4.79 Å². The molecule has 1 aliphatic rings. The van der Waals surface area contributed by atoms with Crippen molar-refractivity contribution < 1.29 is 24.9 Å². The minimum absolute atomic E-state index is 0.0984. The van der Waals surface area contributed by atoms with Gasteiger partial charge in [-0.15, -0.1) is 0 Å². The number of piperidine rings is 1. The lowest BCUT2D eigenvalue weighted by atomic mass is 9.74. The second-order valence-electron chi connectivity index (χ2n) is 6.94. The summed E-state index contributed by atoms with van der Waals surface area (Å²) in [6, 6.07) is 17.5. The van der Waals surface area contributed by atoms with E-state index in [-0.39, 0.29) is 44.1 Å². The fourth-order valence-electron chi connectivity index (χ4n) is 3.82. The molecule has 1 unspecified atom stereocenters. The number of hydrogen-bond acceptors (Lipinski definition) is 4. The van der Waals surface area contributed by atoms with Gasteiger partial charge in [0, 0.05) is 38.1 Å². The first-order chi connectivity index (χ1) is 13.1. The predicted molar refractivity (Wildman–Crippen MR) is 101 cm³/mol. The molecule has 3 N–H and O–H groups in total. The zero-order valence-corrected chi connectivity index (χ0v) is 15.1. The first-order valence-corrected chi connectivity index (χ1v) is 9.08. The number of carboxylic acid groups (broad SMARTS) is 1. The topological polar surface area (TPSA) is 90.2 Å². The van der Waals surface area contributed by atoms with Crippen LogP contribution in [0.1, 0.15) is 17.0 Å². The number of aliphatic hydroxyl groups excluding tert-OH is 2. The predicted octanol–water partition coefficient (Wildman–Crippen LogP) is 2.56. The molecule has 144 valence electrons. The summed E-state index contributed by atoms with van der Waals surface area (Å²) in [6.07, 6.45) is -1.02. The number of benzene rings is 2. The third-order valence-electron chi connectivity index (χ3n) is 5.18. The van der Waals surface area contributed by atoms with E-state index in [4.69, 9.17) is 4.74 Å². The standard InChI is InChI=1S/C21H25NO5/c23-12-17-10-22(21(25)26)11-18(13-24)20(17)16-6-8-19(9-7-16)27-14-15-4-2-1-3-5-15/h1-9,17-18,20,23-24H,10-14H2,(H,25,26)/t17-,18+,20?. The maximum absolute atomic E-state index is 11.3. The highest BCUT2D eigenvalue weighted by molar-refractivity contribution is 5.65. The lowest BCUT2D eigenvalue weighted by Gasteiger charge is -2.42. The van der Waals surface area contributed by atoms with Gasteiger partial charge in [-0.1, -0.05) is 42.5 Å². The van der Waals surface area contributed by atoms with Crippen LogP contribution in [0.5, 0.6) is 5.75 Å². The van der Waals surface area contributed by atoms with Crippen LogP contribution in [0.2, 0.25) is 0 Å². The van der Waals surface area contributed by atoms with Crippen LogP contribution in [-0.4, -0.2) is 52.6 Å². The summed E-state index contributed by atoms with van der Waals surface area (Å²) in [7, 11) is 0. The normalized spacial score (nSPS) is 22.4. The maximum Gasteiger partial charge on any atom is 0.407 e. The Hall–Kier alpha value is -2.57. The van der Waals surface area contributed by atoms with Crippen LogP contribution in [0, 0.1) is 11.8 Å². The van der Waals surface area contributed by atoms with Gasteiger partial charge < -0.3 is 25.0 Å². The molecule has 0 saturated carbocycles. The van der Waals surface area contributed by atoms with Gasteiger partial charge in [-0.25, -0.2) is 4.79 Å². The number of ether oxygens (including phenoxy) is 1. The van der Waals surface area contributed by atoms with Crippen molar-refractivity contribution in [1.29, 1.82) is 0 Å². The molecule has 2 aromatic carbocycles. The van der Waals surface area contributed by atoms with Crippen molar-refractivity contribution in [2.45, 2.75) is 12.5 Å². The maximum atomic E-state index is 11.3. The lowest BCUT2D eigenvalue weighted by Crippen LogP contribution is -2.49. The van der Waals surface area contributed by atoms with Crippen LogP contribution >= 0.6 is 0 Å². The summed E-state index contributed by atoms with van der Waals surface area (Å²) in [5, 5.41) is 28.8. The quantitative estimate of drug-likeness (QED) is 0.726. The fourth-order valence-corrected chi connectivity index (χ4v) is 3.82. The Morgan fingerprint density at radius 3 is 2.07 bits per heavy atom. The van der Waals surface area contributed by atoms with Crippen molar-refractivity contribution in [3.8, 4) is 5.75 Å². The van der Waals surface area contributed by atoms with E-state index in [1.54, 1.807) is 0 Å². The SMILES string of the molecule is O=C(O)N1C[C@@H](CO)C(c2ccc(OCc3ccccc3)cc2)[C@@H](CO)C1. The van der Waals surface area contributed by atoms with E-state index in [0.717, 1.165) is 16.9 Å². The minimum Gasteiger partial charge on any atom is -0.489 e. The van der Waals surface area contributed by atoms with Gasteiger partial charge in [-0.05, 0) is 29.2 Å².